The van der Waals surface area contributed by atoms with E-state index in [2.05, 4.69) is 0 Å². The minimum Gasteiger partial charge on any atom is -0.338 e. The molecule has 1 heterocycles. The second-order valence-electron chi connectivity index (χ2n) is 5.79. The summed E-state index contributed by atoms with van der Waals surface area (Å²) in [5, 5.41) is 9.57. The molecule has 0 spiro atoms. The lowest BCUT2D eigenvalue weighted by Gasteiger charge is -2.47. The highest BCUT2D eigenvalue weighted by Crippen LogP contribution is 2.38. The van der Waals surface area contributed by atoms with Gasteiger partial charge in [-0.25, -0.2) is 0 Å². The van der Waals surface area contributed by atoms with Crippen LogP contribution in [0.2, 0.25) is 0 Å². The van der Waals surface area contributed by atoms with Crippen LogP contribution in [0.25, 0.3) is 0 Å². The van der Waals surface area contributed by atoms with Crippen molar-refractivity contribution >= 4 is 10.1 Å². The van der Waals surface area contributed by atoms with Crippen LogP contribution in [-0.2, 0) is 14.3 Å². The van der Waals surface area contributed by atoms with Crippen molar-refractivity contribution in [2.24, 2.45) is 0 Å². The van der Waals surface area contributed by atoms with Crippen LogP contribution in [0.15, 0.2) is 0 Å². The standard InChI is InChI=1S/C10H21NO4S/c1-9(2)6-8(15-16(5,13)14)7-10(3,4)11(9)12/h8,12H,6-7H2,1-5H3/p+1. The molecule has 0 aromatic heterocycles. The van der Waals surface area contributed by atoms with Crippen LogP contribution >= 0.6 is 0 Å². The summed E-state index contributed by atoms with van der Waals surface area (Å²) in [5.74, 6) is 0. The summed E-state index contributed by atoms with van der Waals surface area (Å²) in [6, 6.07) is 0. The topological polar surface area (TPSA) is 69.5 Å². The van der Waals surface area contributed by atoms with Crippen LogP contribution in [0.1, 0.15) is 40.5 Å². The van der Waals surface area contributed by atoms with E-state index in [1.54, 1.807) is 5.06 Å². The van der Waals surface area contributed by atoms with E-state index in [1.165, 1.54) is 0 Å². The number of hydrogen-bond donors (Lipinski definition) is 0. The maximum Gasteiger partial charge on any atom is 0.264 e. The quantitative estimate of drug-likeness (QED) is 0.534. The predicted octanol–water partition coefficient (Wildman–Crippen LogP) is 0.624. The van der Waals surface area contributed by atoms with Crippen molar-refractivity contribution in [3.05, 3.63) is 0 Å². The molecular formula is C10H22NO4S+. The molecule has 0 bridgehead atoms. The average molecular weight is 252 g/mol. The Bertz CT molecular complexity index is 343. The fraction of sp³-hybridized carbons (Fsp3) is 1.00. The highest BCUT2D eigenvalue weighted by molar-refractivity contribution is 7.86. The smallest absolute Gasteiger partial charge is 0.264 e. The van der Waals surface area contributed by atoms with Crippen molar-refractivity contribution in [3.63, 3.8) is 0 Å². The molecule has 96 valence electrons. The Kier molecular flexibility index (Phi) is 3.42. The van der Waals surface area contributed by atoms with Gasteiger partial charge >= 0.3 is 0 Å². The fourth-order valence-electron chi connectivity index (χ4n) is 2.50. The van der Waals surface area contributed by atoms with Crippen LogP contribution in [0.5, 0.6) is 0 Å². The Morgan fingerprint density at radius 1 is 1.19 bits per heavy atom. The first-order chi connectivity index (χ1) is 6.94. The highest BCUT2D eigenvalue weighted by Gasteiger charge is 2.49. The zero-order valence-electron chi connectivity index (χ0n) is 10.6. The molecular weight excluding hydrogens is 230 g/mol. The van der Waals surface area contributed by atoms with E-state index in [4.69, 9.17) is 9.39 Å². The van der Waals surface area contributed by atoms with E-state index >= 15 is 0 Å². The van der Waals surface area contributed by atoms with Gasteiger partial charge in [-0.15, -0.1) is 0 Å². The van der Waals surface area contributed by atoms with E-state index in [0.29, 0.717) is 12.8 Å². The molecule has 1 aliphatic heterocycles. The summed E-state index contributed by atoms with van der Waals surface area (Å²) < 4.78 is 27.3. The Labute approximate surface area is 97.5 Å². The van der Waals surface area contributed by atoms with Crippen LogP contribution < -0.4 is 0 Å². The molecule has 0 amide bonds. The van der Waals surface area contributed by atoms with Gasteiger partial charge in [-0.3, -0.25) is 4.18 Å². The van der Waals surface area contributed by atoms with E-state index in [9.17, 15) is 8.42 Å². The summed E-state index contributed by atoms with van der Waals surface area (Å²) in [4.78, 5) is 0. The largest absolute Gasteiger partial charge is 0.338 e. The molecule has 16 heavy (non-hydrogen) atoms. The lowest BCUT2D eigenvalue weighted by atomic mass is 9.80. The minimum atomic E-state index is -3.42. The van der Waals surface area contributed by atoms with Crippen molar-refractivity contribution in [2.45, 2.75) is 57.7 Å². The normalized spacial score (nSPS) is 26.9. The molecule has 0 radical (unpaired) electrons. The molecule has 0 aromatic carbocycles. The first-order valence-electron chi connectivity index (χ1n) is 5.34. The van der Waals surface area contributed by atoms with Gasteiger partial charge in [0, 0.05) is 0 Å². The van der Waals surface area contributed by atoms with Gasteiger partial charge in [0.1, 0.15) is 0 Å². The molecule has 0 aromatic rings. The molecule has 0 saturated carbocycles. The van der Waals surface area contributed by atoms with E-state index in [0.717, 1.165) is 6.26 Å². The van der Waals surface area contributed by atoms with Crippen LogP contribution in [0.4, 0.5) is 0 Å². The Morgan fingerprint density at radius 2 is 1.56 bits per heavy atom. The van der Waals surface area contributed by atoms with Crippen molar-refractivity contribution in [3.8, 4) is 0 Å². The molecule has 0 unspecified atom stereocenters. The van der Waals surface area contributed by atoms with Gasteiger partial charge in [-0.1, -0.05) is 5.06 Å². The van der Waals surface area contributed by atoms with Gasteiger partial charge in [-0.2, -0.15) is 8.42 Å². The predicted molar refractivity (Wildman–Crippen MR) is 62.6 cm³/mol. The molecule has 1 rings (SSSR count). The van der Waals surface area contributed by atoms with Crippen LogP contribution in [0.3, 0.4) is 0 Å². The Hall–Kier alpha value is -0.170. The highest BCUT2D eigenvalue weighted by atomic mass is 32.2. The minimum absolute atomic E-state index is 0.332. The molecule has 1 fully saturated rings. The average Bonchev–Trinajstić information content (AvgIpc) is 1.95. The summed E-state index contributed by atoms with van der Waals surface area (Å²) in [5.41, 5.74) is -0.756. The van der Waals surface area contributed by atoms with Crippen molar-refractivity contribution < 1.29 is 17.8 Å². The lowest BCUT2D eigenvalue weighted by molar-refractivity contribution is -0.254. The van der Waals surface area contributed by atoms with Crippen LogP contribution in [-0.4, -0.2) is 42.1 Å². The Morgan fingerprint density at radius 3 is 1.88 bits per heavy atom. The first kappa shape index (κ1) is 13.9. The molecule has 2 N–H and O–H groups in total. The summed E-state index contributed by atoms with van der Waals surface area (Å²) in [7, 11) is -3.42. The third kappa shape index (κ3) is 3.16. The van der Waals surface area contributed by atoms with Crippen molar-refractivity contribution in [1.29, 1.82) is 0 Å². The zero-order valence-corrected chi connectivity index (χ0v) is 11.4. The zero-order chi connectivity index (χ0) is 12.8. The Balaban J connectivity index is 2.87. The van der Waals surface area contributed by atoms with Gasteiger partial charge in [0.15, 0.2) is 0 Å². The summed E-state index contributed by atoms with van der Waals surface area (Å²) in [6.45, 7) is 7.72. The molecule has 0 atom stereocenters. The molecule has 5 nitrogen and oxygen atoms in total. The molecule has 1 aliphatic rings. The first-order valence-corrected chi connectivity index (χ1v) is 7.15. The molecule has 6 heteroatoms. The third-order valence-corrected chi connectivity index (χ3v) is 3.60. The maximum absolute atomic E-state index is 11.1. The number of nitrogens with zero attached hydrogens (tertiary/aromatic N) is 1. The second-order valence-corrected chi connectivity index (χ2v) is 7.39. The van der Waals surface area contributed by atoms with Crippen molar-refractivity contribution in [2.75, 3.05) is 6.26 Å². The maximum atomic E-state index is 11.1. The van der Waals surface area contributed by atoms with E-state index < -0.39 is 10.1 Å². The number of rotatable bonds is 2. The molecule has 0 aliphatic carbocycles. The van der Waals surface area contributed by atoms with Gasteiger partial charge in [-0.05, 0) is 40.5 Å². The second kappa shape index (κ2) is 3.94. The lowest BCUT2D eigenvalue weighted by Crippen LogP contribution is -2.60. The van der Waals surface area contributed by atoms with Crippen LogP contribution in [0, 0.1) is 0 Å². The number of piperidine rings is 1. The van der Waals surface area contributed by atoms with E-state index in [1.807, 2.05) is 27.7 Å². The van der Waals surface area contributed by atoms with Gasteiger partial charge < -0.3 is 5.21 Å². The molecule has 1 saturated heterocycles. The SMILES string of the molecule is CC1(C)CC(OS(C)(=O)=O)CC(C)(C)N1[OH2+]. The third-order valence-electron chi connectivity index (χ3n) is 2.98. The van der Waals surface area contributed by atoms with E-state index in [-0.39, 0.29) is 17.2 Å². The monoisotopic (exact) mass is 252 g/mol. The van der Waals surface area contributed by atoms with Gasteiger partial charge in [0.25, 0.3) is 10.1 Å². The number of hydrogen-bond acceptors (Lipinski definition) is 4. The van der Waals surface area contributed by atoms with Crippen molar-refractivity contribution in [1.82, 2.24) is 5.06 Å². The van der Waals surface area contributed by atoms with Gasteiger partial charge in [0.05, 0.1) is 23.4 Å². The fourth-order valence-corrected chi connectivity index (χ4v) is 3.13. The van der Waals surface area contributed by atoms with Gasteiger partial charge in [0.2, 0.25) is 0 Å². The summed E-state index contributed by atoms with van der Waals surface area (Å²) in [6.07, 6.45) is 1.83. The summed E-state index contributed by atoms with van der Waals surface area (Å²) >= 11 is 0. The number of hydroxylamine groups is 2.